The molecule has 3 rings (SSSR count). The van der Waals surface area contributed by atoms with E-state index in [0.29, 0.717) is 23.4 Å². The molecule has 0 unspecified atom stereocenters. The van der Waals surface area contributed by atoms with Gasteiger partial charge in [0.25, 0.3) is 0 Å². The zero-order chi connectivity index (χ0) is 21.7. The Labute approximate surface area is 174 Å². The molecule has 0 spiro atoms. The van der Waals surface area contributed by atoms with Gasteiger partial charge < -0.3 is 9.30 Å². The lowest BCUT2D eigenvalue weighted by Crippen LogP contribution is -2.11. The lowest BCUT2D eigenvalue weighted by molar-refractivity contribution is -0.139. The molecule has 0 radical (unpaired) electrons. The molecule has 2 N–H and O–H groups in total. The smallest absolute Gasteiger partial charge is 0.331 e. The average Bonchev–Trinajstić information content (AvgIpc) is 3.06. The summed E-state index contributed by atoms with van der Waals surface area (Å²) < 4.78 is 43.4. The van der Waals surface area contributed by atoms with E-state index in [-0.39, 0.29) is 17.3 Å². The molecule has 9 heteroatoms. The number of primary sulfonamides is 1. The van der Waals surface area contributed by atoms with E-state index >= 15 is 0 Å². The van der Waals surface area contributed by atoms with Crippen LogP contribution in [0.25, 0.3) is 17.1 Å². The summed E-state index contributed by atoms with van der Waals surface area (Å²) in [4.78, 5) is 16.5. The molecule has 158 valence electrons. The van der Waals surface area contributed by atoms with Crippen LogP contribution in [0.5, 0.6) is 0 Å². The lowest BCUT2D eigenvalue weighted by Gasteiger charge is -2.08. The summed E-state index contributed by atoms with van der Waals surface area (Å²) in [5, 5.41) is 5.20. The molecular formula is C21H22FN3O4S. The zero-order valence-corrected chi connectivity index (χ0v) is 17.2. The Morgan fingerprint density at radius 2 is 1.97 bits per heavy atom. The first-order chi connectivity index (χ1) is 14.3. The number of rotatable bonds is 8. The van der Waals surface area contributed by atoms with Crippen molar-refractivity contribution in [3.8, 4) is 0 Å². The third-order valence-electron chi connectivity index (χ3n) is 4.49. The van der Waals surface area contributed by atoms with Crippen molar-refractivity contribution < 1.29 is 22.3 Å². The number of nitrogens with two attached hydrogens (primary N) is 1. The maximum atomic E-state index is 12.9. The highest BCUT2D eigenvalue weighted by molar-refractivity contribution is 7.89. The van der Waals surface area contributed by atoms with Crippen LogP contribution in [0.3, 0.4) is 0 Å². The third kappa shape index (κ3) is 5.31. The molecular weight excluding hydrogens is 409 g/mol. The van der Waals surface area contributed by atoms with Crippen LogP contribution in [0.2, 0.25) is 0 Å². The highest BCUT2D eigenvalue weighted by Gasteiger charge is 2.15. The number of ether oxygens (including phenoxy) is 1. The monoisotopic (exact) mass is 431 g/mol. The third-order valence-corrected chi connectivity index (χ3v) is 5.40. The lowest BCUT2D eigenvalue weighted by atomic mass is 10.2. The molecule has 0 aliphatic carbocycles. The molecule has 0 aliphatic rings. The fourth-order valence-corrected chi connectivity index (χ4v) is 3.47. The number of carbonyl (C=O) groups is 1. The van der Waals surface area contributed by atoms with Gasteiger partial charge in [0.1, 0.15) is 18.2 Å². The Hall–Kier alpha value is -3.04. The number of aryl methyl sites for hydroxylation is 1. The Balaban J connectivity index is 1.79. The van der Waals surface area contributed by atoms with Crippen molar-refractivity contribution in [1.29, 1.82) is 0 Å². The number of fused-ring (bicyclic) bond motifs is 1. The van der Waals surface area contributed by atoms with Crippen LogP contribution in [0, 0.1) is 5.82 Å². The molecule has 7 nitrogen and oxygen atoms in total. The van der Waals surface area contributed by atoms with Crippen LogP contribution in [0.4, 0.5) is 4.39 Å². The molecule has 0 saturated heterocycles. The van der Waals surface area contributed by atoms with Crippen molar-refractivity contribution in [3.05, 3.63) is 65.7 Å². The molecule has 30 heavy (non-hydrogen) atoms. The predicted octanol–water partition coefficient (Wildman–Crippen LogP) is 3.38. The van der Waals surface area contributed by atoms with Crippen molar-refractivity contribution in [2.75, 3.05) is 0 Å². The molecule has 1 heterocycles. The normalized spacial score (nSPS) is 12.0. The first-order valence-corrected chi connectivity index (χ1v) is 10.9. The summed E-state index contributed by atoms with van der Waals surface area (Å²) in [5.41, 5.74) is 1.87. The highest BCUT2D eigenvalue weighted by Crippen LogP contribution is 2.21. The van der Waals surface area contributed by atoms with E-state index in [9.17, 15) is 17.6 Å². The maximum Gasteiger partial charge on any atom is 0.331 e. The molecule has 0 amide bonds. The number of halogens is 1. The van der Waals surface area contributed by atoms with Crippen LogP contribution in [-0.4, -0.2) is 23.9 Å². The molecule has 0 atom stereocenters. The molecule has 2 aromatic carbocycles. The number of nitrogens with zero attached hydrogens (tertiary/aromatic N) is 2. The van der Waals surface area contributed by atoms with Gasteiger partial charge in [0.15, 0.2) is 0 Å². The number of unbranched alkanes of at least 4 members (excludes halogenated alkanes) is 1. The van der Waals surface area contributed by atoms with Crippen molar-refractivity contribution in [1.82, 2.24) is 9.55 Å². The number of benzene rings is 2. The summed E-state index contributed by atoms with van der Waals surface area (Å²) in [6, 6.07) is 10.2. The Morgan fingerprint density at radius 3 is 2.63 bits per heavy atom. The van der Waals surface area contributed by atoms with E-state index < -0.39 is 16.0 Å². The Morgan fingerprint density at radius 1 is 1.23 bits per heavy atom. The number of sulfonamides is 1. The molecule has 1 aromatic heterocycles. The summed E-state index contributed by atoms with van der Waals surface area (Å²) in [7, 11) is -3.84. The molecule has 0 saturated carbocycles. The van der Waals surface area contributed by atoms with E-state index in [1.54, 1.807) is 18.2 Å². The fraction of sp³-hybridized carbons (Fsp3) is 0.238. The summed E-state index contributed by atoms with van der Waals surface area (Å²) >= 11 is 0. The van der Waals surface area contributed by atoms with E-state index in [4.69, 9.17) is 9.88 Å². The van der Waals surface area contributed by atoms with Gasteiger partial charge in [-0.25, -0.2) is 27.7 Å². The second-order valence-electron chi connectivity index (χ2n) is 6.72. The SMILES string of the molecule is CCCCn1c(COC(=O)/C=C/c2ccc(F)cc2)nc2cc(S(N)(=O)=O)ccc21. The van der Waals surface area contributed by atoms with Crippen LogP contribution in [0.15, 0.2) is 53.4 Å². The molecule has 0 aliphatic heterocycles. The number of hydrogen-bond donors (Lipinski definition) is 1. The zero-order valence-electron chi connectivity index (χ0n) is 16.4. The highest BCUT2D eigenvalue weighted by atomic mass is 32.2. The number of esters is 1. The average molecular weight is 431 g/mol. The van der Waals surface area contributed by atoms with E-state index in [1.807, 2.05) is 4.57 Å². The maximum absolute atomic E-state index is 12.9. The second-order valence-corrected chi connectivity index (χ2v) is 8.28. The van der Waals surface area contributed by atoms with Gasteiger partial charge in [0.2, 0.25) is 10.0 Å². The second kappa shape index (κ2) is 9.19. The first kappa shape index (κ1) is 21.7. The fourth-order valence-electron chi connectivity index (χ4n) is 2.93. The minimum atomic E-state index is -3.84. The van der Waals surface area contributed by atoms with Gasteiger partial charge in [-0.2, -0.15) is 0 Å². The molecule has 0 fully saturated rings. The largest absolute Gasteiger partial charge is 0.454 e. The van der Waals surface area contributed by atoms with Gasteiger partial charge in [0.05, 0.1) is 15.9 Å². The Kier molecular flexibility index (Phi) is 6.63. The number of hydrogen-bond acceptors (Lipinski definition) is 5. The topological polar surface area (TPSA) is 104 Å². The summed E-state index contributed by atoms with van der Waals surface area (Å²) in [5.74, 6) is -0.418. The quantitative estimate of drug-likeness (QED) is 0.435. The molecule has 3 aromatic rings. The first-order valence-electron chi connectivity index (χ1n) is 9.40. The standard InChI is InChI=1S/C21H22FN3O4S/c1-2-3-12-25-19-10-9-17(30(23,27)28)13-18(19)24-20(25)14-29-21(26)11-6-15-4-7-16(22)8-5-15/h4-11,13H,2-3,12,14H2,1H3,(H2,23,27,28)/b11-6+. The number of carbonyl (C=O) groups excluding carboxylic acids is 1. The van der Waals surface area contributed by atoms with Crippen molar-refractivity contribution in [2.24, 2.45) is 5.14 Å². The van der Waals surface area contributed by atoms with E-state index in [0.717, 1.165) is 18.4 Å². The minimum absolute atomic E-state index is 0.0269. The van der Waals surface area contributed by atoms with Crippen LogP contribution in [0.1, 0.15) is 31.2 Å². The van der Waals surface area contributed by atoms with Crippen molar-refractivity contribution in [2.45, 2.75) is 37.8 Å². The van der Waals surface area contributed by atoms with Crippen LogP contribution in [-0.2, 0) is 32.7 Å². The van der Waals surface area contributed by atoms with Crippen molar-refractivity contribution in [3.63, 3.8) is 0 Å². The van der Waals surface area contributed by atoms with E-state index in [1.165, 1.54) is 36.4 Å². The van der Waals surface area contributed by atoms with Gasteiger partial charge in [-0.05, 0) is 48.4 Å². The van der Waals surface area contributed by atoms with Crippen LogP contribution >= 0.6 is 0 Å². The number of imidazole rings is 1. The Bertz CT molecular complexity index is 1180. The minimum Gasteiger partial charge on any atom is -0.454 e. The molecule has 0 bridgehead atoms. The van der Waals surface area contributed by atoms with Gasteiger partial charge in [-0.15, -0.1) is 0 Å². The van der Waals surface area contributed by atoms with Gasteiger partial charge >= 0.3 is 5.97 Å². The van der Waals surface area contributed by atoms with Gasteiger partial charge in [-0.3, -0.25) is 0 Å². The summed E-state index contributed by atoms with van der Waals surface area (Å²) in [6.07, 6.45) is 4.62. The predicted molar refractivity (Wildman–Crippen MR) is 111 cm³/mol. The van der Waals surface area contributed by atoms with Gasteiger partial charge in [0, 0.05) is 12.6 Å². The van der Waals surface area contributed by atoms with E-state index in [2.05, 4.69) is 11.9 Å². The van der Waals surface area contributed by atoms with Gasteiger partial charge in [-0.1, -0.05) is 25.5 Å². The summed E-state index contributed by atoms with van der Waals surface area (Å²) in [6.45, 7) is 2.63. The van der Waals surface area contributed by atoms with Crippen LogP contribution < -0.4 is 5.14 Å². The van der Waals surface area contributed by atoms with Crippen molar-refractivity contribution >= 4 is 33.1 Å². The number of aromatic nitrogens is 2.